The van der Waals surface area contributed by atoms with Crippen molar-refractivity contribution in [1.82, 2.24) is 14.3 Å². The highest BCUT2D eigenvalue weighted by Gasteiger charge is 2.25. The van der Waals surface area contributed by atoms with E-state index in [1.54, 1.807) is 13.1 Å². The third kappa shape index (κ3) is 2.37. The molecule has 2 heterocycles. The van der Waals surface area contributed by atoms with Crippen LogP contribution in [0.2, 0.25) is 0 Å². The van der Waals surface area contributed by atoms with Crippen molar-refractivity contribution in [3.8, 4) is 11.1 Å². The first kappa shape index (κ1) is 15.5. The summed E-state index contributed by atoms with van der Waals surface area (Å²) in [6, 6.07) is 7.58. The Hall–Kier alpha value is -2.41. The minimum Gasteiger partial charge on any atom is -0.350 e. The van der Waals surface area contributed by atoms with Gasteiger partial charge in [-0.05, 0) is 13.0 Å². The maximum atomic E-state index is 12.7. The molecule has 0 atom stereocenters. The van der Waals surface area contributed by atoms with Crippen LogP contribution >= 0.6 is 0 Å². The summed E-state index contributed by atoms with van der Waals surface area (Å²) in [6.07, 6.45) is 2.89. The number of hydrogen-bond donors (Lipinski definition) is 0. The molecule has 0 aliphatic rings. The first-order valence-corrected chi connectivity index (χ1v) is 8.93. The maximum absolute atomic E-state index is 12.7. The van der Waals surface area contributed by atoms with Crippen LogP contribution in [0.4, 0.5) is 0 Å². The van der Waals surface area contributed by atoms with Crippen LogP contribution in [0.3, 0.4) is 0 Å². The quantitative estimate of drug-likeness (QED) is 0.716. The molecular weight excluding hydrogens is 314 g/mol. The zero-order valence-corrected chi connectivity index (χ0v) is 14.2. The smallest absolute Gasteiger partial charge is 0.275 e. The van der Waals surface area contributed by atoms with E-state index in [1.807, 2.05) is 35.9 Å². The van der Waals surface area contributed by atoms with Gasteiger partial charge in [0.05, 0.1) is 11.3 Å². The molecule has 0 radical (unpaired) electrons. The first-order valence-electron chi connectivity index (χ1n) is 7.04. The van der Waals surface area contributed by atoms with E-state index in [-0.39, 0.29) is 10.5 Å². The van der Waals surface area contributed by atoms with Crippen molar-refractivity contribution >= 4 is 20.7 Å². The fraction of sp³-hybridized carbons (Fsp3) is 0.250. The molecule has 0 N–H and O–H groups in total. The zero-order chi connectivity index (χ0) is 16.9. The van der Waals surface area contributed by atoms with E-state index in [2.05, 4.69) is 5.10 Å². The first-order chi connectivity index (χ1) is 10.7. The third-order valence-corrected chi connectivity index (χ3v) is 5.14. The van der Waals surface area contributed by atoms with Crippen LogP contribution in [0.1, 0.15) is 5.69 Å². The summed E-state index contributed by atoms with van der Waals surface area (Å²) in [5.41, 5.74) is 1.61. The minimum atomic E-state index is -3.60. The van der Waals surface area contributed by atoms with E-state index in [1.165, 1.54) is 11.7 Å². The summed E-state index contributed by atoms with van der Waals surface area (Å²) in [5.74, 6) is 0. The Morgan fingerprint density at radius 1 is 1.13 bits per heavy atom. The van der Waals surface area contributed by atoms with Gasteiger partial charge >= 0.3 is 0 Å². The Bertz CT molecular complexity index is 1090. The van der Waals surface area contributed by atoms with Crippen LogP contribution in [0.25, 0.3) is 22.0 Å². The highest BCUT2D eigenvalue weighted by molar-refractivity contribution is 7.90. The molecule has 0 amide bonds. The van der Waals surface area contributed by atoms with E-state index in [4.69, 9.17) is 0 Å². The predicted molar refractivity (Wildman–Crippen MR) is 89.2 cm³/mol. The number of rotatable bonds is 2. The lowest BCUT2D eigenvalue weighted by Gasteiger charge is -2.11. The summed E-state index contributed by atoms with van der Waals surface area (Å²) in [4.78, 5) is 12.7. The molecule has 3 rings (SSSR count). The van der Waals surface area contributed by atoms with Crippen molar-refractivity contribution in [3.05, 3.63) is 46.5 Å². The van der Waals surface area contributed by atoms with E-state index >= 15 is 0 Å². The van der Waals surface area contributed by atoms with E-state index < -0.39 is 15.4 Å². The van der Waals surface area contributed by atoms with E-state index in [0.717, 1.165) is 17.2 Å². The van der Waals surface area contributed by atoms with Crippen molar-refractivity contribution in [2.24, 2.45) is 14.1 Å². The lowest BCUT2D eigenvalue weighted by molar-refractivity contribution is 0.597. The Morgan fingerprint density at radius 2 is 1.78 bits per heavy atom. The molecule has 120 valence electrons. The van der Waals surface area contributed by atoms with Crippen LogP contribution in [0.5, 0.6) is 0 Å². The number of nitrogens with zero attached hydrogens (tertiary/aromatic N) is 3. The zero-order valence-electron chi connectivity index (χ0n) is 13.4. The van der Waals surface area contributed by atoms with Crippen LogP contribution < -0.4 is 5.56 Å². The Balaban J connectivity index is 2.56. The van der Waals surface area contributed by atoms with Gasteiger partial charge in [0.15, 0.2) is 9.84 Å². The Kier molecular flexibility index (Phi) is 3.40. The number of benzene rings is 1. The van der Waals surface area contributed by atoms with E-state index in [9.17, 15) is 13.2 Å². The SMILES string of the molecule is Cc1nn(C)c(=O)c(-c2cn(C)c3ccccc23)c1S(C)(=O)=O. The number of aryl methyl sites for hydroxylation is 3. The van der Waals surface area contributed by atoms with Gasteiger partial charge in [0.1, 0.15) is 4.90 Å². The second-order valence-corrected chi connectivity index (χ2v) is 7.61. The van der Waals surface area contributed by atoms with Gasteiger partial charge in [0.25, 0.3) is 5.56 Å². The van der Waals surface area contributed by atoms with Gasteiger partial charge in [-0.2, -0.15) is 5.10 Å². The molecule has 0 saturated heterocycles. The molecule has 6 nitrogen and oxygen atoms in total. The molecule has 1 aromatic carbocycles. The molecule has 0 spiro atoms. The largest absolute Gasteiger partial charge is 0.350 e. The summed E-state index contributed by atoms with van der Waals surface area (Å²) >= 11 is 0. The average Bonchev–Trinajstić information content (AvgIpc) is 2.79. The Morgan fingerprint density at radius 3 is 2.43 bits per heavy atom. The van der Waals surface area contributed by atoms with Gasteiger partial charge < -0.3 is 4.57 Å². The molecule has 0 fully saturated rings. The van der Waals surface area contributed by atoms with Gasteiger partial charge in [-0.3, -0.25) is 4.79 Å². The van der Waals surface area contributed by atoms with Crippen molar-refractivity contribution < 1.29 is 8.42 Å². The summed E-state index contributed by atoms with van der Waals surface area (Å²) in [5, 5.41) is 4.87. The van der Waals surface area contributed by atoms with Gasteiger partial charge in [-0.15, -0.1) is 0 Å². The molecule has 0 aliphatic carbocycles. The average molecular weight is 331 g/mol. The normalized spacial score (nSPS) is 12.0. The second kappa shape index (κ2) is 5.06. The predicted octanol–water partition coefficient (Wildman–Crippen LogP) is 1.65. The van der Waals surface area contributed by atoms with Crippen molar-refractivity contribution in [2.75, 3.05) is 6.26 Å². The molecule has 3 aromatic rings. The molecule has 2 aromatic heterocycles. The molecule has 23 heavy (non-hydrogen) atoms. The topological polar surface area (TPSA) is 74.0 Å². The number of aromatic nitrogens is 3. The number of sulfone groups is 1. The van der Waals surface area contributed by atoms with E-state index in [0.29, 0.717) is 11.3 Å². The number of fused-ring (bicyclic) bond motifs is 1. The molecule has 0 aliphatic heterocycles. The lowest BCUT2D eigenvalue weighted by Crippen LogP contribution is -2.25. The maximum Gasteiger partial charge on any atom is 0.275 e. The van der Waals surface area contributed by atoms with Crippen LogP contribution in [-0.2, 0) is 23.9 Å². The van der Waals surface area contributed by atoms with Gasteiger partial charge in [0.2, 0.25) is 0 Å². The monoisotopic (exact) mass is 331 g/mol. The Labute approximate surface area is 133 Å². The van der Waals surface area contributed by atoms with Gasteiger partial charge in [-0.1, -0.05) is 18.2 Å². The molecule has 0 bridgehead atoms. The van der Waals surface area contributed by atoms with Crippen molar-refractivity contribution in [1.29, 1.82) is 0 Å². The summed E-state index contributed by atoms with van der Waals surface area (Å²) < 4.78 is 27.6. The summed E-state index contributed by atoms with van der Waals surface area (Å²) in [6.45, 7) is 1.60. The highest BCUT2D eigenvalue weighted by Crippen LogP contribution is 2.32. The number of hydrogen-bond acceptors (Lipinski definition) is 4. The fourth-order valence-corrected chi connectivity index (χ4v) is 4.13. The molecule has 0 saturated carbocycles. The third-order valence-electron chi connectivity index (χ3n) is 3.90. The summed E-state index contributed by atoms with van der Waals surface area (Å²) in [7, 11) is -0.207. The standard InChI is InChI=1S/C16H17N3O3S/c1-10-15(23(4,21)22)14(16(20)19(3)17-10)12-9-18(2)13-8-6-5-7-11(12)13/h5-9H,1-4H3. The van der Waals surface area contributed by atoms with Crippen LogP contribution in [0.15, 0.2) is 40.2 Å². The fourth-order valence-electron chi connectivity index (χ4n) is 2.99. The van der Waals surface area contributed by atoms with Gasteiger partial charge in [0, 0.05) is 43.0 Å². The van der Waals surface area contributed by atoms with Crippen molar-refractivity contribution in [3.63, 3.8) is 0 Å². The minimum absolute atomic E-state index is 0.00282. The number of para-hydroxylation sites is 1. The van der Waals surface area contributed by atoms with Gasteiger partial charge in [-0.25, -0.2) is 13.1 Å². The second-order valence-electron chi connectivity index (χ2n) is 5.66. The molecule has 7 heteroatoms. The molecule has 0 unspecified atom stereocenters. The van der Waals surface area contributed by atoms with Crippen LogP contribution in [0, 0.1) is 6.92 Å². The molecular formula is C16H17N3O3S. The van der Waals surface area contributed by atoms with Crippen LogP contribution in [-0.4, -0.2) is 29.0 Å². The van der Waals surface area contributed by atoms with Crippen molar-refractivity contribution in [2.45, 2.75) is 11.8 Å². The lowest BCUT2D eigenvalue weighted by atomic mass is 10.1. The highest BCUT2D eigenvalue weighted by atomic mass is 32.2.